The summed E-state index contributed by atoms with van der Waals surface area (Å²) in [4.78, 5) is 4.26. The van der Waals surface area contributed by atoms with E-state index in [2.05, 4.69) is 26.1 Å². The summed E-state index contributed by atoms with van der Waals surface area (Å²) in [6, 6.07) is 9.62. The number of benzene rings is 2. The molecule has 7 heteroatoms. The van der Waals surface area contributed by atoms with Gasteiger partial charge in [0.15, 0.2) is 0 Å². The fourth-order valence-corrected chi connectivity index (χ4v) is 2.36. The van der Waals surface area contributed by atoms with Crippen LogP contribution in [0.3, 0.4) is 0 Å². The molecule has 0 fully saturated rings. The Morgan fingerprint density at radius 2 is 2.05 bits per heavy atom. The zero-order chi connectivity index (χ0) is 15.0. The smallest absolute Gasteiger partial charge is 0.260 e. The largest absolute Gasteiger partial charge is 0.397 e. The van der Waals surface area contributed by atoms with Crippen LogP contribution < -0.4 is 5.73 Å². The maximum Gasteiger partial charge on any atom is 0.260 e. The van der Waals surface area contributed by atoms with Crippen molar-refractivity contribution < 1.29 is 8.91 Å². The molecule has 1 aromatic heterocycles. The van der Waals surface area contributed by atoms with Crippen molar-refractivity contribution in [2.24, 2.45) is 0 Å². The second-order valence-corrected chi connectivity index (χ2v) is 5.51. The highest BCUT2D eigenvalue weighted by atomic mass is 79.9. The van der Waals surface area contributed by atoms with Gasteiger partial charge in [0.25, 0.3) is 5.89 Å². The summed E-state index contributed by atoms with van der Waals surface area (Å²) in [6.45, 7) is 0. The molecule has 0 atom stereocenters. The molecule has 3 rings (SSSR count). The summed E-state index contributed by atoms with van der Waals surface area (Å²) in [6.07, 6.45) is 0. The van der Waals surface area contributed by atoms with E-state index in [0.29, 0.717) is 22.6 Å². The van der Waals surface area contributed by atoms with E-state index in [1.165, 1.54) is 18.2 Å². The van der Waals surface area contributed by atoms with Crippen LogP contribution in [-0.2, 0) is 0 Å². The monoisotopic (exact) mass is 367 g/mol. The van der Waals surface area contributed by atoms with Crippen molar-refractivity contribution in [3.63, 3.8) is 0 Å². The number of para-hydroxylation sites is 1. The molecule has 0 aliphatic rings. The van der Waals surface area contributed by atoms with E-state index in [4.69, 9.17) is 21.9 Å². The number of nitrogens with two attached hydrogens (primary N) is 1. The predicted octanol–water partition coefficient (Wildman–Crippen LogP) is 4.54. The third-order valence-electron chi connectivity index (χ3n) is 2.89. The summed E-state index contributed by atoms with van der Waals surface area (Å²) >= 11 is 9.08. The summed E-state index contributed by atoms with van der Waals surface area (Å²) < 4.78 is 19.1. The first-order chi connectivity index (χ1) is 10.1. The van der Waals surface area contributed by atoms with Crippen molar-refractivity contribution >= 4 is 33.2 Å². The molecule has 0 aliphatic heterocycles. The van der Waals surface area contributed by atoms with Crippen LogP contribution in [0.1, 0.15) is 0 Å². The normalized spacial score (nSPS) is 10.8. The molecular weight excluding hydrogens is 361 g/mol. The molecule has 4 nitrogen and oxygen atoms in total. The van der Waals surface area contributed by atoms with Crippen molar-refractivity contribution in [3.8, 4) is 22.8 Å². The Kier molecular flexibility index (Phi) is 3.65. The Hall–Kier alpha value is -1.92. The van der Waals surface area contributed by atoms with Gasteiger partial charge in [-0.3, -0.25) is 0 Å². The second kappa shape index (κ2) is 5.46. The van der Waals surface area contributed by atoms with Gasteiger partial charge >= 0.3 is 0 Å². The first-order valence-corrected chi connectivity index (χ1v) is 7.07. The number of anilines is 1. The van der Waals surface area contributed by atoms with E-state index in [-0.39, 0.29) is 10.9 Å². The maximum atomic E-state index is 13.2. The summed E-state index contributed by atoms with van der Waals surface area (Å²) in [5.41, 5.74) is 7.65. The molecule has 2 N–H and O–H groups in total. The van der Waals surface area contributed by atoms with Gasteiger partial charge in [0.1, 0.15) is 5.82 Å². The number of rotatable bonds is 2. The summed E-state index contributed by atoms with van der Waals surface area (Å²) in [5, 5.41) is 3.87. The van der Waals surface area contributed by atoms with Gasteiger partial charge in [0.2, 0.25) is 5.82 Å². The SMILES string of the molecule is Nc1c(Br)cccc1-c1nc(-c2ccc(F)c(Cl)c2)no1. The molecule has 0 saturated carbocycles. The van der Waals surface area contributed by atoms with Crippen LogP contribution in [0.15, 0.2) is 45.4 Å². The lowest BCUT2D eigenvalue weighted by atomic mass is 10.2. The van der Waals surface area contributed by atoms with Gasteiger partial charge in [0.05, 0.1) is 16.3 Å². The zero-order valence-electron chi connectivity index (χ0n) is 10.5. The zero-order valence-corrected chi connectivity index (χ0v) is 12.8. The lowest BCUT2D eigenvalue weighted by Gasteiger charge is -2.01. The van der Waals surface area contributed by atoms with Crippen LogP contribution in [0.25, 0.3) is 22.8 Å². The Balaban J connectivity index is 2.03. The molecule has 0 saturated heterocycles. The van der Waals surface area contributed by atoms with Gasteiger partial charge in [-0.2, -0.15) is 4.98 Å². The fourth-order valence-electron chi connectivity index (χ4n) is 1.81. The van der Waals surface area contributed by atoms with Crippen LogP contribution in [0.4, 0.5) is 10.1 Å². The van der Waals surface area contributed by atoms with Crippen LogP contribution >= 0.6 is 27.5 Å². The third kappa shape index (κ3) is 2.64. The molecule has 0 unspecified atom stereocenters. The van der Waals surface area contributed by atoms with Crippen LogP contribution in [0.5, 0.6) is 0 Å². The molecule has 0 aliphatic carbocycles. The lowest BCUT2D eigenvalue weighted by Crippen LogP contribution is -1.91. The highest BCUT2D eigenvalue weighted by Gasteiger charge is 2.15. The van der Waals surface area contributed by atoms with E-state index < -0.39 is 5.82 Å². The van der Waals surface area contributed by atoms with Gasteiger partial charge in [-0.05, 0) is 46.3 Å². The number of nitrogen functional groups attached to an aromatic ring is 1. The van der Waals surface area contributed by atoms with E-state index in [0.717, 1.165) is 4.47 Å². The predicted molar refractivity (Wildman–Crippen MR) is 82.3 cm³/mol. The van der Waals surface area contributed by atoms with Crippen molar-refractivity contribution in [1.82, 2.24) is 10.1 Å². The first kappa shape index (κ1) is 14.0. The molecule has 1 heterocycles. The molecule has 0 amide bonds. The highest BCUT2D eigenvalue weighted by molar-refractivity contribution is 9.10. The van der Waals surface area contributed by atoms with Gasteiger partial charge in [-0.1, -0.05) is 22.8 Å². The standard InChI is InChI=1S/C14H8BrClFN3O/c15-9-3-1-2-8(12(9)18)14-19-13(20-21-14)7-4-5-11(17)10(16)6-7/h1-6H,18H2. The molecule has 21 heavy (non-hydrogen) atoms. The molecule has 3 aromatic rings. The van der Waals surface area contributed by atoms with E-state index >= 15 is 0 Å². The average Bonchev–Trinajstić information content (AvgIpc) is 2.94. The highest BCUT2D eigenvalue weighted by Crippen LogP contribution is 2.32. The molecule has 0 spiro atoms. The quantitative estimate of drug-likeness (QED) is 0.674. The Labute approximate surface area is 132 Å². The van der Waals surface area contributed by atoms with Crippen LogP contribution in [0.2, 0.25) is 5.02 Å². The average molecular weight is 369 g/mol. The van der Waals surface area contributed by atoms with Crippen LogP contribution in [0, 0.1) is 5.82 Å². The molecule has 2 aromatic carbocycles. The Bertz CT molecular complexity index is 822. The minimum atomic E-state index is -0.500. The molecule has 0 bridgehead atoms. The van der Waals surface area contributed by atoms with Crippen molar-refractivity contribution in [2.45, 2.75) is 0 Å². The number of aromatic nitrogens is 2. The van der Waals surface area contributed by atoms with E-state index in [1.54, 1.807) is 6.07 Å². The van der Waals surface area contributed by atoms with Gasteiger partial charge < -0.3 is 10.3 Å². The van der Waals surface area contributed by atoms with E-state index in [9.17, 15) is 4.39 Å². The van der Waals surface area contributed by atoms with Gasteiger partial charge in [-0.15, -0.1) is 0 Å². The topological polar surface area (TPSA) is 64.9 Å². The number of hydrogen-bond acceptors (Lipinski definition) is 4. The Morgan fingerprint density at radius 3 is 2.81 bits per heavy atom. The fraction of sp³-hybridized carbons (Fsp3) is 0. The first-order valence-electron chi connectivity index (χ1n) is 5.90. The molecular formula is C14H8BrClFN3O. The Morgan fingerprint density at radius 1 is 1.24 bits per heavy atom. The summed E-state index contributed by atoms with van der Waals surface area (Å²) in [5.74, 6) is 0.0934. The van der Waals surface area contributed by atoms with Crippen LogP contribution in [-0.4, -0.2) is 10.1 Å². The number of halogens is 3. The maximum absolute atomic E-state index is 13.2. The van der Waals surface area contributed by atoms with Crippen molar-refractivity contribution in [2.75, 3.05) is 5.73 Å². The molecule has 106 valence electrons. The van der Waals surface area contributed by atoms with Gasteiger partial charge in [-0.25, -0.2) is 4.39 Å². The van der Waals surface area contributed by atoms with Crippen molar-refractivity contribution in [1.29, 1.82) is 0 Å². The van der Waals surface area contributed by atoms with Crippen molar-refractivity contribution in [3.05, 3.63) is 51.7 Å². The number of nitrogens with zero attached hydrogens (tertiary/aromatic N) is 2. The molecule has 0 radical (unpaired) electrons. The minimum Gasteiger partial charge on any atom is -0.397 e. The summed E-state index contributed by atoms with van der Waals surface area (Å²) in [7, 11) is 0. The lowest BCUT2D eigenvalue weighted by molar-refractivity contribution is 0.432. The second-order valence-electron chi connectivity index (χ2n) is 4.25. The van der Waals surface area contributed by atoms with Gasteiger partial charge in [0, 0.05) is 10.0 Å². The van der Waals surface area contributed by atoms with E-state index in [1.807, 2.05) is 12.1 Å². The minimum absolute atomic E-state index is 0.000759. The number of hydrogen-bond donors (Lipinski definition) is 1. The third-order valence-corrected chi connectivity index (χ3v) is 3.87.